The van der Waals surface area contributed by atoms with Crippen LogP contribution in [-0.4, -0.2) is 50.4 Å². The lowest BCUT2D eigenvalue weighted by molar-refractivity contribution is -0.140. The van der Waals surface area contributed by atoms with E-state index < -0.39 is 42.6 Å². The number of ether oxygens (including phenoxy) is 1. The minimum absolute atomic E-state index is 0.123. The van der Waals surface area contributed by atoms with Gasteiger partial charge in [0.15, 0.2) is 6.10 Å². The standard InChI is InChI=1S/C17H17F2N3O5/c1-9-2-4-10(5-3-9)14(25)20-12-6-7-22(16(26)21-12)15-17(18,19)13(24)11(8-23)27-15/h2-7,11,13,15,23-24H,8H2,1H3,(H,20,21,25,26). The first kappa shape index (κ1) is 19.1. The number of aromatic nitrogens is 2. The number of amides is 1. The number of aryl methyl sites for hydroxylation is 1. The van der Waals surface area contributed by atoms with Gasteiger partial charge in [0.05, 0.1) is 6.61 Å². The van der Waals surface area contributed by atoms with Gasteiger partial charge in [0.2, 0.25) is 6.23 Å². The van der Waals surface area contributed by atoms with E-state index in [2.05, 4.69) is 10.3 Å². The topological polar surface area (TPSA) is 114 Å². The first-order chi connectivity index (χ1) is 12.7. The molecular formula is C17H17F2N3O5. The van der Waals surface area contributed by atoms with Crippen LogP contribution in [0.2, 0.25) is 0 Å². The number of carbonyl (C=O) groups excluding carboxylic acids is 1. The van der Waals surface area contributed by atoms with Crippen LogP contribution in [0.15, 0.2) is 41.3 Å². The lowest BCUT2D eigenvalue weighted by atomic mass is 10.1. The number of alkyl halides is 2. The number of nitrogens with zero attached hydrogens (tertiary/aromatic N) is 2. The van der Waals surface area contributed by atoms with Crippen LogP contribution < -0.4 is 11.0 Å². The van der Waals surface area contributed by atoms with Gasteiger partial charge in [0, 0.05) is 11.8 Å². The number of carbonyl (C=O) groups is 1. The molecule has 3 N–H and O–H groups in total. The molecule has 8 nitrogen and oxygen atoms in total. The summed E-state index contributed by atoms with van der Waals surface area (Å²) in [6.45, 7) is 1.03. The highest BCUT2D eigenvalue weighted by atomic mass is 19.3. The maximum absolute atomic E-state index is 14.1. The predicted molar refractivity (Wildman–Crippen MR) is 89.6 cm³/mol. The molecular weight excluding hydrogens is 364 g/mol. The van der Waals surface area contributed by atoms with Crippen molar-refractivity contribution < 1.29 is 28.5 Å². The summed E-state index contributed by atoms with van der Waals surface area (Å²) in [7, 11) is 0. The number of aliphatic hydroxyl groups is 2. The van der Waals surface area contributed by atoms with Gasteiger partial charge in [-0.1, -0.05) is 17.7 Å². The van der Waals surface area contributed by atoms with Crippen LogP contribution in [0, 0.1) is 6.92 Å². The number of hydrogen-bond donors (Lipinski definition) is 3. The SMILES string of the molecule is Cc1ccc(C(=O)Nc2ccn(C3OC(CO)C(O)C3(F)F)c(=O)n2)cc1. The van der Waals surface area contributed by atoms with Gasteiger partial charge < -0.3 is 20.3 Å². The third-order valence-corrected chi connectivity index (χ3v) is 4.20. The number of aliphatic hydroxyl groups excluding tert-OH is 2. The second kappa shape index (κ2) is 7.14. The highest BCUT2D eigenvalue weighted by Crippen LogP contribution is 2.41. The Bertz CT molecular complexity index is 900. The Kier molecular flexibility index (Phi) is 5.05. The molecule has 1 aromatic carbocycles. The summed E-state index contributed by atoms with van der Waals surface area (Å²) in [4.78, 5) is 27.8. The van der Waals surface area contributed by atoms with Crippen molar-refractivity contribution in [1.29, 1.82) is 0 Å². The van der Waals surface area contributed by atoms with Gasteiger partial charge in [-0.2, -0.15) is 13.8 Å². The summed E-state index contributed by atoms with van der Waals surface area (Å²) < 4.78 is 33.6. The molecule has 1 amide bonds. The van der Waals surface area contributed by atoms with Crippen molar-refractivity contribution in [2.45, 2.75) is 31.3 Å². The minimum Gasteiger partial charge on any atom is -0.394 e. The number of rotatable bonds is 4. The molecule has 1 fully saturated rings. The van der Waals surface area contributed by atoms with Gasteiger partial charge in [-0.3, -0.25) is 9.36 Å². The van der Waals surface area contributed by atoms with Crippen LogP contribution in [0.5, 0.6) is 0 Å². The van der Waals surface area contributed by atoms with E-state index >= 15 is 0 Å². The molecule has 0 spiro atoms. The molecule has 144 valence electrons. The first-order valence-electron chi connectivity index (χ1n) is 8.03. The summed E-state index contributed by atoms with van der Waals surface area (Å²) in [5, 5.41) is 20.9. The van der Waals surface area contributed by atoms with Gasteiger partial charge in [-0.25, -0.2) is 4.79 Å². The fourth-order valence-corrected chi connectivity index (χ4v) is 2.67. The Morgan fingerprint density at radius 1 is 1.33 bits per heavy atom. The zero-order valence-corrected chi connectivity index (χ0v) is 14.2. The Labute approximate surface area is 152 Å². The second-order valence-electron chi connectivity index (χ2n) is 6.15. The Hall–Kier alpha value is -2.69. The smallest absolute Gasteiger partial charge is 0.351 e. The van der Waals surface area contributed by atoms with Crippen LogP contribution in [0.4, 0.5) is 14.6 Å². The lowest BCUT2D eigenvalue weighted by Crippen LogP contribution is -2.41. The van der Waals surface area contributed by atoms with Crippen molar-refractivity contribution >= 4 is 11.7 Å². The van der Waals surface area contributed by atoms with Crippen molar-refractivity contribution in [1.82, 2.24) is 9.55 Å². The fraction of sp³-hybridized carbons (Fsp3) is 0.353. The van der Waals surface area contributed by atoms with E-state index in [0.29, 0.717) is 10.1 Å². The third-order valence-electron chi connectivity index (χ3n) is 4.20. The third kappa shape index (κ3) is 3.59. The predicted octanol–water partition coefficient (Wildman–Crippen LogP) is 0.690. The number of hydrogen-bond acceptors (Lipinski definition) is 6. The molecule has 0 radical (unpaired) electrons. The highest BCUT2D eigenvalue weighted by Gasteiger charge is 2.59. The molecule has 0 bridgehead atoms. The molecule has 3 atom stereocenters. The number of halogens is 2. The minimum atomic E-state index is -3.80. The second-order valence-corrected chi connectivity index (χ2v) is 6.15. The molecule has 27 heavy (non-hydrogen) atoms. The van der Waals surface area contributed by atoms with E-state index in [1.807, 2.05) is 6.92 Å². The largest absolute Gasteiger partial charge is 0.394 e. The average Bonchev–Trinajstić information content (AvgIpc) is 2.85. The van der Waals surface area contributed by atoms with Crippen LogP contribution in [0.1, 0.15) is 22.1 Å². The Balaban J connectivity index is 1.81. The summed E-state index contributed by atoms with van der Waals surface area (Å²) in [5.41, 5.74) is 0.200. The van der Waals surface area contributed by atoms with Crippen molar-refractivity contribution in [2.24, 2.45) is 0 Å². The molecule has 0 aliphatic carbocycles. The summed E-state index contributed by atoms with van der Waals surface area (Å²) in [5.74, 6) is -4.44. The zero-order chi connectivity index (χ0) is 19.8. The number of nitrogens with one attached hydrogen (secondary N) is 1. The molecule has 1 saturated heterocycles. The van der Waals surface area contributed by atoms with E-state index in [-0.39, 0.29) is 5.82 Å². The number of benzene rings is 1. The average molecular weight is 381 g/mol. The van der Waals surface area contributed by atoms with Crippen molar-refractivity contribution in [3.63, 3.8) is 0 Å². The fourth-order valence-electron chi connectivity index (χ4n) is 2.67. The van der Waals surface area contributed by atoms with Gasteiger partial charge in [-0.15, -0.1) is 0 Å². The molecule has 1 aromatic heterocycles. The maximum Gasteiger partial charge on any atom is 0.351 e. The molecule has 0 saturated carbocycles. The zero-order valence-electron chi connectivity index (χ0n) is 14.2. The van der Waals surface area contributed by atoms with E-state index in [0.717, 1.165) is 17.8 Å². The van der Waals surface area contributed by atoms with E-state index in [1.165, 1.54) is 0 Å². The number of anilines is 1. The van der Waals surface area contributed by atoms with Gasteiger partial charge in [-0.05, 0) is 25.1 Å². The monoisotopic (exact) mass is 381 g/mol. The van der Waals surface area contributed by atoms with Crippen molar-refractivity contribution in [2.75, 3.05) is 11.9 Å². The Morgan fingerprint density at radius 3 is 2.56 bits per heavy atom. The first-order valence-corrected chi connectivity index (χ1v) is 8.03. The molecule has 2 aromatic rings. The van der Waals surface area contributed by atoms with Crippen molar-refractivity contribution in [3.05, 3.63) is 58.1 Å². The molecule has 1 aliphatic rings. The molecule has 2 heterocycles. The quantitative estimate of drug-likeness (QED) is 0.718. The highest BCUT2D eigenvalue weighted by molar-refractivity contribution is 6.03. The van der Waals surface area contributed by atoms with Gasteiger partial charge in [0.25, 0.3) is 5.91 Å². The van der Waals surface area contributed by atoms with Gasteiger partial charge in [0.1, 0.15) is 11.9 Å². The Morgan fingerprint density at radius 2 is 2.00 bits per heavy atom. The van der Waals surface area contributed by atoms with Crippen molar-refractivity contribution in [3.8, 4) is 0 Å². The molecule has 3 unspecified atom stereocenters. The molecule has 1 aliphatic heterocycles. The molecule has 3 rings (SSSR count). The summed E-state index contributed by atoms with van der Waals surface area (Å²) in [6, 6.07) is 7.82. The lowest BCUT2D eigenvalue weighted by Gasteiger charge is -2.21. The van der Waals surface area contributed by atoms with E-state index in [1.54, 1.807) is 24.3 Å². The molecule has 10 heteroatoms. The maximum atomic E-state index is 14.1. The van der Waals surface area contributed by atoms with Crippen LogP contribution in [0.3, 0.4) is 0 Å². The summed E-state index contributed by atoms with van der Waals surface area (Å²) >= 11 is 0. The summed E-state index contributed by atoms with van der Waals surface area (Å²) in [6.07, 6.45) is -4.94. The van der Waals surface area contributed by atoms with Crippen LogP contribution in [0.25, 0.3) is 0 Å². The van der Waals surface area contributed by atoms with Gasteiger partial charge >= 0.3 is 11.6 Å². The van der Waals surface area contributed by atoms with Crippen LogP contribution >= 0.6 is 0 Å². The van der Waals surface area contributed by atoms with Crippen LogP contribution in [-0.2, 0) is 4.74 Å². The van der Waals surface area contributed by atoms with E-state index in [9.17, 15) is 23.5 Å². The van der Waals surface area contributed by atoms with E-state index in [4.69, 9.17) is 9.84 Å². The normalized spacial score (nSPS) is 24.0.